The topological polar surface area (TPSA) is 90.5 Å². The highest BCUT2D eigenvalue weighted by Gasteiger charge is 2.34. The number of aromatic amines is 2. The molecule has 2 aliphatic heterocycles. The van der Waals surface area contributed by atoms with Crippen molar-refractivity contribution in [1.82, 2.24) is 14.9 Å². The average Bonchev–Trinajstić information content (AvgIpc) is 3.14. The van der Waals surface area contributed by atoms with E-state index in [0.29, 0.717) is 13.0 Å². The van der Waals surface area contributed by atoms with E-state index in [0.717, 1.165) is 53.1 Å². The molecule has 0 atom stereocenters. The third kappa shape index (κ3) is 3.77. The van der Waals surface area contributed by atoms with Crippen LogP contribution >= 0.6 is 28.7 Å². The predicted molar refractivity (Wildman–Crippen MR) is 100 cm³/mol. The van der Waals surface area contributed by atoms with Gasteiger partial charge in [0.05, 0.1) is 24.5 Å². The van der Waals surface area contributed by atoms with Gasteiger partial charge in [-0.3, -0.25) is 9.79 Å². The van der Waals surface area contributed by atoms with E-state index in [4.69, 9.17) is 4.74 Å². The Morgan fingerprint density at radius 1 is 1.42 bits per heavy atom. The second kappa shape index (κ2) is 8.06. The zero-order valence-corrected chi connectivity index (χ0v) is 16.2. The molecule has 0 spiro atoms. The van der Waals surface area contributed by atoms with Gasteiger partial charge in [0.1, 0.15) is 0 Å². The minimum Gasteiger partial charge on any atom is -0.466 e. The second-order valence-corrected chi connectivity index (χ2v) is 6.49. The Morgan fingerprint density at radius 2 is 2.21 bits per heavy atom. The number of aryl methyl sites for hydroxylation is 1. The first-order valence-electron chi connectivity index (χ1n) is 7.78. The number of carbonyl (C=O) groups is 1. The van der Waals surface area contributed by atoms with Crippen molar-refractivity contribution in [2.75, 3.05) is 19.7 Å². The summed E-state index contributed by atoms with van der Waals surface area (Å²) in [5, 5.41) is 0.979. The van der Waals surface area contributed by atoms with Gasteiger partial charge in [-0.1, -0.05) is 11.8 Å². The van der Waals surface area contributed by atoms with Crippen molar-refractivity contribution >= 4 is 45.6 Å². The highest BCUT2D eigenvalue weighted by atomic mass is 79.9. The number of rotatable bonds is 6. The molecular formula is C15H21BrN4O3S. The van der Waals surface area contributed by atoms with E-state index in [1.807, 2.05) is 13.8 Å². The molecule has 0 amide bonds. The number of nitrogens with zero attached hydrogens (tertiary/aromatic N) is 2. The highest BCUT2D eigenvalue weighted by molar-refractivity contribution is 8.93. The molecular weight excluding hydrogens is 396 g/mol. The van der Waals surface area contributed by atoms with Crippen LogP contribution < -0.4 is 5.69 Å². The molecule has 1 aromatic rings. The van der Waals surface area contributed by atoms with E-state index in [-0.39, 0.29) is 28.6 Å². The maximum atomic E-state index is 11.6. The highest BCUT2D eigenvalue weighted by Crippen LogP contribution is 2.43. The van der Waals surface area contributed by atoms with Crippen LogP contribution in [0.2, 0.25) is 0 Å². The Morgan fingerprint density at radius 3 is 2.88 bits per heavy atom. The lowest BCUT2D eigenvalue weighted by molar-refractivity contribution is -0.143. The molecule has 0 unspecified atom stereocenters. The van der Waals surface area contributed by atoms with Crippen molar-refractivity contribution in [3.63, 3.8) is 0 Å². The Labute approximate surface area is 154 Å². The van der Waals surface area contributed by atoms with Gasteiger partial charge in [-0.15, -0.1) is 17.0 Å². The molecule has 0 bridgehead atoms. The lowest BCUT2D eigenvalue weighted by Gasteiger charge is -2.16. The van der Waals surface area contributed by atoms with Crippen molar-refractivity contribution in [1.29, 1.82) is 0 Å². The number of amidine groups is 1. The summed E-state index contributed by atoms with van der Waals surface area (Å²) >= 11 is 1.63. The van der Waals surface area contributed by atoms with Gasteiger partial charge in [-0.25, -0.2) is 4.79 Å². The zero-order valence-electron chi connectivity index (χ0n) is 13.7. The van der Waals surface area contributed by atoms with Gasteiger partial charge in [0.2, 0.25) is 0 Å². The summed E-state index contributed by atoms with van der Waals surface area (Å²) < 4.78 is 4.97. The van der Waals surface area contributed by atoms with Crippen LogP contribution in [0, 0.1) is 6.92 Å². The molecule has 0 radical (unpaired) electrons. The molecule has 0 aliphatic carbocycles. The first kappa shape index (κ1) is 18.9. The van der Waals surface area contributed by atoms with E-state index >= 15 is 0 Å². The van der Waals surface area contributed by atoms with Gasteiger partial charge in [0, 0.05) is 23.6 Å². The zero-order chi connectivity index (χ0) is 16.4. The molecule has 0 aromatic carbocycles. The Hall–Kier alpha value is -1.48. The third-order valence-corrected chi connectivity index (χ3v) is 4.97. The van der Waals surface area contributed by atoms with Crippen LogP contribution in [-0.4, -0.2) is 45.7 Å². The molecule has 0 fully saturated rings. The molecule has 3 heterocycles. The van der Waals surface area contributed by atoms with Gasteiger partial charge in [0.25, 0.3) is 0 Å². The van der Waals surface area contributed by atoms with E-state index in [2.05, 4.69) is 19.9 Å². The number of halogens is 1. The first-order chi connectivity index (χ1) is 11.1. The van der Waals surface area contributed by atoms with Gasteiger partial charge >= 0.3 is 11.7 Å². The van der Waals surface area contributed by atoms with Crippen LogP contribution in [0.1, 0.15) is 37.6 Å². The minimum atomic E-state index is -0.203. The summed E-state index contributed by atoms with van der Waals surface area (Å²) in [6.45, 7) is 5.70. The SMILES string of the molecule is Br.CCOC(=O)CCCC1=C(c2[nH]c(=O)[nH]c2C)N2CCN=C2S1. The monoisotopic (exact) mass is 416 g/mol. The summed E-state index contributed by atoms with van der Waals surface area (Å²) in [5.74, 6) is -0.165. The lowest BCUT2D eigenvalue weighted by Crippen LogP contribution is -2.21. The van der Waals surface area contributed by atoms with Crippen LogP contribution in [0.4, 0.5) is 0 Å². The van der Waals surface area contributed by atoms with Gasteiger partial charge in [-0.2, -0.15) is 0 Å². The van der Waals surface area contributed by atoms with Crippen LogP contribution in [0.15, 0.2) is 14.7 Å². The lowest BCUT2D eigenvalue weighted by atomic mass is 10.1. The summed E-state index contributed by atoms with van der Waals surface area (Å²) in [5.41, 5.74) is 2.46. The Balaban J connectivity index is 0.00000208. The standard InChI is InChI=1S/C15H20N4O3S.BrH/c1-3-22-11(20)6-4-5-10-13(12-9(2)17-14(21)18-12)19-8-7-16-15(19)23-10;/h3-8H2,1-2H3,(H2,17,18,21);1H. The number of hydrogen-bond donors (Lipinski definition) is 2. The smallest absolute Gasteiger partial charge is 0.323 e. The fourth-order valence-corrected chi connectivity index (χ4v) is 4.03. The van der Waals surface area contributed by atoms with Crippen molar-refractivity contribution < 1.29 is 9.53 Å². The first-order valence-corrected chi connectivity index (χ1v) is 8.59. The predicted octanol–water partition coefficient (Wildman–Crippen LogP) is 2.41. The van der Waals surface area contributed by atoms with E-state index in [9.17, 15) is 9.59 Å². The molecule has 3 rings (SSSR count). The quantitative estimate of drug-likeness (QED) is 0.694. The number of esters is 1. The molecule has 24 heavy (non-hydrogen) atoms. The van der Waals surface area contributed by atoms with Crippen molar-refractivity contribution in [3.05, 3.63) is 26.8 Å². The number of hydrogen-bond acceptors (Lipinski definition) is 6. The molecule has 7 nitrogen and oxygen atoms in total. The Kier molecular flexibility index (Phi) is 6.34. The number of nitrogens with one attached hydrogen (secondary N) is 2. The number of allylic oxidation sites excluding steroid dienone is 1. The summed E-state index contributed by atoms with van der Waals surface area (Å²) in [6, 6.07) is 0. The van der Waals surface area contributed by atoms with E-state index in [1.54, 1.807) is 11.8 Å². The molecule has 0 saturated carbocycles. The fourth-order valence-electron chi connectivity index (χ4n) is 2.81. The van der Waals surface area contributed by atoms with Gasteiger partial charge in [-0.05, 0) is 26.7 Å². The van der Waals surface area contributed by atoms with Crippen molar-refractivity contribution in [3.8, 4) is 0 Å². The third-order valence-electron chi connectivity index (χ3n) is 3.79. The number of aliphatic imine (C=N–C) groups is 1. The summed E-state index contributed by atoms with van der Waals surface area (Å²) in [7, 11) is 0. The van der Waals surface area contributed by atoms with Crippen LogP contribution in [-0.2, 0) is 9.53 Å². The van der Waals surface area contributed by atoms with Crippen molar-refractivity contribution in [2.24, 2.45) is 4.99 Å². The summed E-state index contributed by atoms with van der Waals surface area (Å²) in [6.07, 6.45) is 1.89. The van der Waals surface area contributed by atoms with E-state index in [1.165, 1.54) is 0 Å². The van der Waals surface area contributed by atoms with Gasteiger partial charge < -0.3 is 19.6 Å². The number of aromatic nitrogens is 2. The maximum Gasteiger partial charge on any atom is 0.323 e. The van der Waals surface area contributed by atoms with Crippen LogP contribution in [0.3, 0.4) is 0 Å². The normalized spacial score (nSPS) is 16.1. The Bertz CT molecular complexity index is 737. The number of fused-ring (bicyclic) bond motifs is 1. The fraction of sp³-hybridized carbons (Fsp3) is 0.533. The molecule has 1 aromatic heterocycles. The largest absolute Gasteiger partial charge is 0.466 e. The number of carbonyl (C=O) groups excluding carboxylic acids is 1. The van der Waals surface area contributed by atoms with Crippen molar-refractivity contribution in [2.45, 2.75) is 33.1 Å². The molecule has 2 N–H and O–H groups in total. The van der Waals surface area contributed by atoms with Crippen LogP contribution in [0.25, 0.3) is 5.70 Å². The summed E-state index contributed by atoms with van der Waals surface area (Å²) in [4.78, 5) is 36.5. The second-order valence-electron chi connectivity index (χ2n) is 5.43. The molecule has 2 aliphatic rings. The van der Waals surface area contributed by atoms with Gasteiger partial charge in [0.15, 0.2) is 5.17 Å². The maximum absolute atomic E-state index is 11.6. The molecule has 9 heteroatoms. The number of imidazole rings is 1. The average molecular weight is 417 g/mol. The van der Waals surface area contributed by atoms with E-state index < -0.39 is 0 Å². The number of H-pyrrole nitrogens is 2. The number of ether oxygens (including phenoxy) is 1. The van der Waals surface area contributed by atoms with Crippen LogP contribution in [0.5, 0.6) is 0 Å². The number of thioether (sulfide) groups is 1. The molecule has 0 saturated heterocycles. The minimum absolute atomic E-state index is 0. The molecule has 132 valence electrons.